The van der Waals surface area contributed by atoms with Crippen LogP contribution in [0.5, 0.6) is 0 Å². The second kappa shape index (κ2) is 3.99. The van der Waals surface area contributed by atoms with Gasteiger partial charge >= 0.3 is 0 Å². The molecule has 0 amide bonds. The van der Waals surface area contributed by atoms with Gasteiger partial charge in [0.1, 0.15) is 6.10 Å². The molecule has 1 aromatic heterocycles. The van der Waals surface area contributed by atoms with Gasteiger partial charge in [0.2, 0.25) is 0 Å². The Morgan fingerprint density at radius 3 is 3.17 bits per heavy atom. The average Bonchev–Trinajstić information content (AvgIpc) is 2.52. The third kappa shape index (κ3) is 1.90. The highest BCUT2D eigenvalue weighted by Gasteiger charge is 2.08. The minimum absolute atomic E-state index is 0.236. The highest BCUT2D eigenvalue weighted by molar-refractivity contribution is 5.68. The average molecular weight is 169 g/mol. The summed E-state index contributed by atoms with van der Waals surface area (Å²) in [6, 6.07) is 0. The molecule has 1 atom stereocenters. The van der Waals surface area contributed by atoms with E-state index in [4.69, 9.17) is 0 Å². The van der Waals surface area contributed by atoms with Gasteiger partial charge in [-0.1, -0.05) is 0 Å². The van der Waals surface area contributed by atoms with Crippen LogP contribution in [0.1, 0.15) is 22.4 Å². The lowest BCUT2D eigenvalue weighted by Crippen LogP contribution is -2.16. The van der Waals surface area contributed by atoms with Gasteiger partial charge in [-0.2, -0.15) is 0 Å². The SMILES string of the molecule is CNCC(O)c1cnc(C=O)[nH]1. The molecular weight excluding hydrogens is 158 g/mol. The zero-order valence-electron chi connectivity index (χ0n) is 6.74. The number of nitrogens with zero attached hydrogens (tertiary/aromatic N) is 1. The summed E-state index contributed by atoms with van der Waals surface area (Å²) in [5.41, 5.74) is 0.548. The summed E-state index contributed by atoms with van der Waals surface area (Å²) >= 11 is 0. The Labute approximate surface area is 69.8 Å². The van der Waals surface area contributed by atoms with Gasteiger partial charge in [-0.3, -0.25) is 4.79 Å². The molecule has 0 radical (unpaired) electrons. The number of hydrogen-bond acceptors (Lipinski definition) is 4. The molecule has 1 aromatic rings. The molecular formula is C7H11N3O2. The van der Waals surface area contributed by atoms with Gasteiger partial charge in [-0.05, 0) is 7.05 Å². The largest absolute Gasteiger partial charge is 0.385 e. The fourth-order valence-corrected chi connectivity index (χ4v) is 0.884. The van der Waals surface area contributed by atoms with Gasteiger partial charge in [0, 0.05) is 6.54 Å². The molecule has 0 saturated carbocycles. The Morgan fingerprint density at radius 1 is 1.92 bits per heavy atom. The van der Waals surface area contributed by atoms with Crippen molar-refractivity contribution < 1.29 is 9.90 Å². The number of nitrogens with one attached hydrogen (secondary N) is 2. The van der Waals surface area contributed by atoms with Gasteiger partial charge < -0.3 is 15.4 Å². The number of carbonyl (C=O) groups is 1. The minimum Gasteiger partial charge on any atom is -0.385 e. The van der Waals surface area contributed by atoms with Gasteiger partial charge in [-0.15, -0.1) is 0 Å². The number of imidazole rings is 1. The van der Waals surface area contributed by atoms with Crippen LogP contribution < -0.4 is 5.32 Å². The summed E-state index contributed by atoms with van der Waals surface area (Å²) in [6.45, 7) is 0.431. The van der Waals surface area contributed by atoms with Crippen molar-refractivity contribution in [3.63, 3.8) is 0 Å². The van der Waals surface area contributed by atoms with Crippen LogP contribution in [0.2, 0.25) is 0 Å². The Hall–Kier alpha value is -1.20. The molecule has 1 heterocycles. The van der Waals surface area contributed by atoms with Crippen LogP contribution in [0, 0.1) is 0 Å². The molecule has 5 nitrogen and oxygen atoms in total. The molecule has 0 fully saturated rings. The van der Waals surface area contributed by atoms with E-state index >= 15 is 0 Å². The number of aromatic nitrogens is 2. The van der Waals surface area contributed by atoms with Crippen molar-refractivity contribution in [3.05, 3.63) is 17.7 Å². The molecule has 0 aliphatic rings. The number of aliphatic hydroxyl groups excluding tert-OH is 1. The van der Waals surface area contributed by atoms with Crippen LogP contribution in [0.4, 0.5) is 0 Å². The molecule has 0 saturated heterocycles. The molecule has 0 aliphatic carbocycles. The smallest absolute Gasteiger partial charge is 0.185 e. The standard InChI is InChI=1S/C7H11N3O2/c1-8-3-6(12)5-2-9-7(4-11)10-5/h2,4,6,8,12H,3H2,1H3,(H,9,10). The molecule has 12 heavy (non-hydrogen) atoms. The van der Waals surface area contributed by atoms with Gasteiger partial charge in [0.05, 0.1) is 11.9 Å². The summed E-state index contributed by atoms with van der Waals surface area (Å²) in [5.74, 6) is 0.236. The summed E-state index contributed by atoms with van der Waals surface area (Å²) in [5, 5.41) is 12.2. The first kappa shape index (κ1) is 8.89. The van der Waals surface area contributed by atoms with Gasteiger partial charge in [0.25, 0.3) is 0 Å². The molecule has 3 N–H and O–H groups in total. The highest BCUT2D eigenvalue weighted by Crippen LogP contribution is 2.07. The zero-order valence-corrected chi connectivity index (χ0v) is 6.74. The minimum atomic E-state index is -0.642. The molecule has 1 rings (SSSR count). The molecule has 0 aromatic carbocycles. The first-order valence-electron chi connectivity index (χ1n) is 3.60. The molecule has 66 valence electrons. The fourth-order valence-electron chi connectivity index (χ4n) is 0.884. The molecule has 0 bridgehead atoms. The number of rotatable bonds is 4. The second-order valence-electron chi connectivity index (χ2n) is 2.42. The van der Waals surface area contributed by atoms with Crippen molar-refractivity contribution in [2.24, 2.45) is 0 Å². The first-order chi connectivity index (χ1) is 5.77. The third-order valence-corrected chi connectivity index (χ3v) is 1.48. The second-order valence-corrected chi connectivity index (χ2v) is 2.42. The predicted molar refractivity (Wildman–Crippen MR) is 42.9 cm³/mol. The summed E-state index contributed by atoms with van der Waals surface area (Å²) < 4.78 is 0. The number of aliphatic hydroxyl groups is 1. The maximum atomic E-state index is 10.2. The number of hydrogen-bond donors (Lipinski definition) is 3. The summed E-state index contributed by atoms with van der Waals surface area (Å²) in [6.07, 6.45) is 1.41. The highest BCUT2D eigenvalue weighted by atomic mass is 16.3. The van der Waals surface area contributed by atoms with Crippen LogP contribution in [0.25, 0.3) is 0 Å². The summed E-state index contributed by atoms with van der Waals surface area (Å²) in [4.78, 5) is 16.6. The lowest BCUT2D eigenvalue weighted by atomic mass is 10.3. The molecule has 5 heteroatoms. The van der Waals surface area contributed by atoms with E-state index in [0.29, 0.717) is 18.5 Å². The van der Waals surface area contributed by atoms with Crippen LogP contribution in [0.3, 0.4) is 0 Å². The summed E-state index contributed by atoms with van der Waals surface area (Å²) in [7, 11) is 1.74. The maximum Gasteiger partial charge on any atom is 0.185 e. The Morgan fingerprint density at radius 2 is 2.67 bits per heavy atom. The van der Waals surface area contributed by atoms with E-state index in [-0.39, 0.29) is 5.82 Å². The Bertz CT molecular complexity index is 259. The van der Waals surface area contributed by atoms with E-state index in [1.807, 2.05) is 0 Å². The Balaban J connectivity index is 2.67. The number of carbonyl (C=O) groups excluding carboxylic acids is 1. The van der Waals surface area contributed by atoms with E-state index < -0.39 is 6.10 Å². The van der Waals surface area contributed by atoms with E-state index in [0.717, 1.165) is 0 Å². The van der Waals surface area contributed by atoms with E-state index in [9.17, 15) is 9.90 Å². The van der Waals surface area contributed by atoms with Crippen LogP contribution in [-0.4, -0.2) is 35.0 Å². The molecule has 0 spiro atoms. The van der Waals surface area contributed by atoms with Gasteiger partial charge in [-0.25, -0.2) is 4.98 Å². The van der Waals surface area contributed by atoms with E-state index in [2.05, 4.69) is 15.3 Å². The van der Waals surface area contributed by atoms with Crippen molar-refractivity contribution in [2.45, 2.75) is 6.10 Å². The monoisotopic (exact) mass is 169 g/mol. The number of H-pyrrole nitrogens is 1. The quantitative estimate of drug-likeness (QED) is 0.530. The number of likely N-dealkylation sites (N-methyl/N-ethyl adjacent to an activating group) is 1. The van der Waals surface area contributed by atoms with Gasteiger partial charge in [0.15, 0.2) is 12.1 Å². The number of aromatic amines is 1. The first-order valence-corrected chi connectivity index (χ1v) is 3.60. The van der Waals surface area contributed by atoms with E-state index in [1.165, 1.54) is 6.20 Å². The number of aldehydes is 1. The predicted octanol–water partition coefficient (Wildman–Crippen LogP) is -0.525. The normalized spacial score (nSPS) is 12.8. The maximum absolute atomic E-state index is 10.2. The van der Waals surface area contributed by atoms with Crippen molar-refractivity contribution in [1.29, 1.82) is 0 Å². The van der Waals surface area contributed by atoms with Crippen molar-refractivity contribution >= 4 is 6.29 Å². The lowest BCUT2D eigenvalue weighted by molar-refractivity contribution is 0.111. The molecule has 1 unspecified atom stereocenters. The topological polar surface area (TPSA) is 78.0 Å². The molecule has 0 aliphatic heterocycles. The Kier molecular flexibility index (Phi) is 2.95. The lowest BCUT2D eigenvalue weighted by Gasteiger charge is -2.05. The fraction of sp³-hybridized carbons (Fsp3) is 0.429. The van der Waals surface area contributed by atoms with Crippen molar-refractivity contribution in [3.8, 4) is 0 Å². The zero-order chi connectivity index (χ0) is 8.97. The van der Waals surface area contributed by atoms with Crippen LogP contribution in [0.15, 0.2) is 6.20 Å². The van der Waals surface area contributed by atoms with E-state index in [1.54, 1.807) is 7.05 Å². The third-order valence-electron chi connectivity index (χ3n) is 1.48. The van der Waals surface area contributed by atoms with Crippen LogP contribution in [-0.2, 0) is 0 Å². The van der Waals surface area contributed by atoms with Crippen molar-refractivity contribution in [1.82, 2.24) is 15.3 Å². The van der Waals surface area contributed by atoms with Crippen LogP contribution >= 0.6 is 0 Å². The van der Waals surface area contributed by atoms with Crippen molar-refractivity contribution in [2.75, 3.05) is 13.6 Å².